The Morgan fingerprint density at radius 3 is 2.67 bits per heavy atom. The van der Waals surface area contributed by atoms with E-state index in [9.17, 15) is 19.8 Å². The van der Waals surface area contributed by atoms with E-state index in [-0.39, 0.29) is 23.6 Å². The highest BCUT2D eigenvalue weighted by Gasteiger charge is 2.60. The molecule has 0 radical (unpaired) electrons. The Morgan fingerprint density at radius 2 is 2.03 bits per heavy atom. The summed E-state index contributed by atoms with van der Waals surface area (Å²) in [5.74, 6) is -1.06. The van der Waals surface area contributed by atoms with Crippen LogP contribution in [0.5, 0.6) is 0 Å². The minimum Gasteiger partial charge on any atom is -0.477 e. The topological polar surface area (TPSA) is 81.1 Å². The largest absolute Gasteiger partial charge is 0.477 e. The number of rotatable bonds is 6. The van der Waals surface area contributed by atoms with Gasteiger partial charge in [-0.3, -0.25) is 4.79 Å². The smallest absolute Gasteiger partial charge is 0.353 e. The average molecular weight is 437 g/mol. The zero-order valence-electron chi connectivity index (χ0n) is 18.6. The number of carbonyl (C=O) groups excluding carboxylic acids is 1. The third-order valence-electron chi connectivity index (χ3n) is 8.04. The second-order valence-electron chi connectivity index (χ2n) is 10.5. The van der Waals surface area contributed by atoms with Crippen LogP contribution in [0.15, 0.2) is 10.6 Å². The van der Waals surface area contributed by atoms with Crippen LogP contribution in [-0.4, -0.2) is 68.9 Å². The van der Waals surface area contributed by atoms with Gasteiger partial charge in [0.1, 0.15) is 5.70 Å². The van der Waals surface area contributed by atoms with Crippen molar-refractivity contribution in [3.05, 3.63) is 10.6 Å². The van der Waals surface area contributed by atoms with E-state index in [1.807, 2.05) is 6.92 Å². The van der Waals surface area contributed by atoms with E-state index in [0.717, 1.165) is 36.9 Å². The quantitative estimate of drug-likeness (QED) is 0.623. The fraction of sp³-hybridized carbons (Fsp3) is 0.826. The van der Waals surface area contributed by atoms with Crippen LogP contribution < -0.4 is 0 Å². The van der Waals surface area contributed by atoms with Gasteiger partial charge in [-0.15, -0.1) is 11.8 Å². The summed E-state index contributed by atoms with van der Waals surface area (Å²) in [6, 6.07) is -0.216. The number of carbonyl (C=O) groups is 2. The van der Waals surface area contributed by atoms with Gasteiger partial charge < -0.3 is 20.0 Å². The maximum absolute atomic E-state index is 12.5. The number of nitrogens with zero attached hydrogens (tertiary/aromatic N) is 2. The molecule has 0 aromatic carbocycles. The lowest BCUT2D eigenvalue weighted by atomic mass is 9.69. The van der Waals surface area contributed by atoms with Gasteiger partial charge in [0, 0.05) is 29.2 Å². The second-order valence-corrected chi connectivity index (χ2v) is 11.8. The molecule has 1 aliphatic carbocycles. The lowest BCUT2D eigenvalue weighted by molar-refractivity contribution is -0.163. The standard InChI is InChI=1S/C23H36N2O4S/c1-13-18-17(14(2)26)21(27)25(18)19(22(28)29)20(13)30-16-8-10-24(12-16)11-15-7-5-6-9-23(15,3)4/h13-18,26H,5-12H2,1-4H3,(H,28,29)/t13-,14-,15?,16-,17-,18-/m1/s1. The molecule has 7 heteroatoms. The average Bonchev–Trinajstić information content (AvgIpc) is 3.18. The van der Waals surface area contributed by atoms with E-state index in [0.29, 0.717) is 10.7 Å². The highest BCUT2D eigenvalue weighted by atomic mass is 32.2. The van der Waals surface area contributed by atoms with Crippen molar-refractivity contribution >= 4 is 23.6 Å². The molecule has 6 atom stereocenters. The number of aliphatic hydroxyl groups excluding tert-OH is 1. The molecule has 3 aliphatic heterocycles. The molecule has 0 bridgehead atoms. The number of β-lactam (4-membered cyclic amide) rings is 1. The van der Waals surface area contributed by atoms with Crippen molar-refractivity contribution in [1.82, 2.24) is 9.80 Å². The third kappa shape index (κ3) is 3.71. The molecule has 1 saturated carbocycles. The van der Waals surface area contributed by atoms with Gasteiger partial charge in [0.15, 0.2) is 0 Å². The number of hydrogen-bond acceptors (Lipinski definition) is 5. The lowest BCUT2D eigenvalue weighted by Crippen LogP contribution is -2.63. The van der Waals surface area contributed by atoms with Crippen LogP contribution in [0, 0.1) is 23.2 Å². The Kier molecular flexibility index (Phi) is 6.01. The Hall–Kier alpha value is -1.05. The molecule has 4 aliphatic rings. The predicted octanol–water partition coefficient (Wildman–Crippen LogP) is 3.16. The maximum atomic E-state index is 12.5. The van der Waals surface area contributed by atoms with Gasteiger partial charge in [-0.2, -0.15) is 0 Å². The predicted molar refractivity (Wildman–Crippen MR) is 118 cm³/mol. The molecule has 30 heavy (non-hydrogen) atoms. The van der Waals surface area contributed by atoms with Gasteiger partial charge in [-0.1, -0.05) is 33.6 Å². The highest BCUT2D eigenvalue weighted by molar-refractivity contribution is 8.03. The van der Waals surface area contributed by atoms with Crippen molar-refractivity contribution < 1.29 is 19.8 Å². The molecule has 0 aromatic heterocycles. The van der Waals surface area contributed by atoms with E-state index in [1.165, 1.54) is 30.6 Å². The first-order chi connectivity index (χ1) is 14.1. The van der Waals surface area contributed by atoms with Crippen molar-refractivity contribution in [3.8, 4) is 0 Å². The van der Waals surface area contributed by atoms with Crippen molar-refractivity contribution in [2.75, 3.05) is 19.6 Å². The number of carboxylic acid groups (broad SMARTS) is 1. The number of carboxylic acids is 1. The number of hydrogen-bond donors (Lipinski definition) is 2. The van der Waals surface area contributed by atoms with Crippen molar-refractivity contribution in [2.24, 2.45) is 23.2 Å². The molecule has 3 fully saturated rings. The zero-order chi connectivity index (χ0) is 21.8. The van der Waals surface area contributed by atoms with E-state index in [4.69, 9.17) is 0 Å². The summed E-state index contributed by atoms with van der Waals surface area (Å²) in [5, 5.41) is 20.2. The molecule has 168 valence electrons. The van der Waals surface area contributed by atoms with Gasteiger partial charge in [-0.05, 0) is 44.1 Å². The summed E-state index contributed by atoms with van der Waals surface area (Å²) >= 11 is 1.67. The third-order valence-corrected chi connectivity index (χ3v) is 9.58. The number of likely N-dealkylation sites (tertiary alicyclic amines) is 1. The van der Waals surface area contributed by atoms with Gasteiger partial charge in [0.2, 0.25) is 5.91 Å². The van der Waals surface area contributed by atoms with Crippen LogP contribution in [0.25, 0.3) is 0 Å². The highest BCUT2D eigenvalue weighted by Crippen LogP contribution is 2.52. The monoisotopic (exact) mass is 436 g/mol. The van der Waals surface area contributed by atoms with Crippen LogP contribution in [-0.2, 0) is 9.59 Å². The molecular weight excluding hydrogens is 400 g/mol. The van der Waals surface area contributed by atoms with Gasteiger partial charge in [0.05, 0.1) is 18.1 Å². The first-order valence-corrected chi connectivity index (χ1v) is 12.4. The summed E-state index contributed by atoms with van der Waals surface area (Å²) in [6.45, 7) is 11.6. The number of amides is 1. The molecule has 2 N–H and O–H groups in total. The molecule has 0 spiro atoms. The maximum Gasteiger partial charge on any atom is 0.353 e. The van der Waals surface area contributed by atoms with Gasteiger partial charge in [-0.25, -0.2) is 4.79 Å². The summed E-state index contributed by atoms with van der Waals surface area (Å²) < 4.78 is 0. The van der Waals surface area contributed by atoms with Crippen molar-refractivity contribution in [1.29, 1.82) is 0 Å². The normalized spacial score (nSPS) is 37.3. The second kappa shape index (κ2) is 8.14. The molecule has 2 saturated heterocycles. The Balaban J connectivity index is 1.43. The van der Waals surface area contributed by atoms with E-state index < -0.39 is 18.0 Å². The van der Waals surface area contributed by atoms with Crippen molar-refractivity contribution in [2.45, 2.75) is 77.2 Å². The van der Waals surface area contributed by atoms with Crippen molar-refractivity contribution in [3.63, 3.8) is 0 Å². The first kappa shape index (κ1) is 22.2. The fourth-order valence-corrected chi connectivity index (χ4v) is 7.65. The number of aliphatic hydroxyl groups is 1. The molecule has 6 nitrogen and oxygen atoms in total. The summed E-state index contributed by atoms with van der Waals surface area (Å²) in [5.41, 5.74) is 0.567. The van der Waals surface area contributed by atoms with Crippen LogP contribution in [0.4, 0.5) is 0 Å². The molecule has 4 rings (SSSR count). The minimum absolute atomic E-state index is 0.0373. The minimum atomic E-state index is -1.02. The first-order valence-electron chi connectivity index (χ1n) is 11.5. The van der Waals surface area contributed by atoms with Gasteiger partial charge in [0.25, 0.3) is 0 Å². The van der Waals surface area contributed by atoms with Crippen LogP contribution in [0.1, 0.15) is 59.8 Å². The molecule has 3 heterocycles. The fourth-order valence-electron chi connectivity index (χ4n) is 6.13. The van der Waals surface area contributed by atoms with Gasteiger partial charge >= 0.3 is 5.97 Å². The number of aliphatic carboxylic acids is 1. The molecule has 1 unspecified atom stereocenters. The summed E-state index contributed by atoms with van der Waals surface area (Å²) in [6.07, 6.45) is 5.61. The van der Waals surface area contributed by atoms with E-state index in [1.54, 1.807) is 18.7 Å². The number of fused-ring (bicyclic) bond motifs is 1. The lowest BCUT2D eigenvalue weighted by Gasteiger charge is -2.46. The summed E-state index contributed by atoms with van der Waals surface area (Å²) in [4.78, 5) is 29.3. The SMILES string of the molecule is C[C@@H](O)[C@H]1C(=O)N2C(C(=O)O)=C(S[C@@H]3CCN(CC4CCCCC4(C)C)C3)[C@H](C)[C@H]12. The Bertz CT molecular complexity index is 749. The Labute approximate surface area is 184 Å². The summed E-state index contributed by atoms with van der Waals surface area (Å²) in [7, 11) is 0. The molecular formula is C23H36N2O4S. The van der Waals surface area contributed by atoms with E-state index >= 15 is 0 Å². The molecule has 1 amide bonds. The van der Waals surface area contributed by atoms with E-state index in [2.05, 4.69) is 18.7 Å². The van der Waals surface area contributed by atoms with Crippen LogP contribution in [0.2, 0.25) is 0 Å². The number of thioether (sulfide) groups is 1. The van der Waals surface area contributed by atoms with Crippen LogP contribution >= 0.6 is 11.8 Å². The zero-order valence-corrected chi connectivity index (χ0v) is 19.5. The van der Waals surface area contributed by atoms with Crippen LogP contribution in [0.3, 0.4) is 0 Å². The molecule has 0 aromatic rings. The Morgan fingerprint density at radius 1 is 1.30 bits per heavy atom.